The number of anilines is 1. The van der Waals surface area contributed by atoms with E-state index >= 15 is 0 Å². The van der Waals surface area contributed by atoms with Gasteiger partial charge in [-0.2, -0.15) is 0 Å². The van der Waals surface area contributed by atoms with Crippen LogP contribution in [0, 0.1) is 0 Å². The standard InChI is InChI=1S/C16H16BrNO7/c1-21-11-6-9(7-12(22-2)15(11)23-3)18-14(19)8-24-16(20)10-4-5-13(17)25-10/h4-7H,8H2,1-3H3,(H,18,19). The van der Waals surface area contributed by atoms with Crippen LogP contribution in [0.3, 0.4) is 0 Å². The summed E-state index contributed by atoms with van der Waals surface area (Å²) in [5, 5.41) is 2.58. The van der Waals surface area contributed by atoms with Gasteiger partial charge in [-0.05, 0) is 28.1 Å². The maximum Gasteiger partial charge on any atom is 0.374 e. The van der Waals surface area contributed by atoms with E-state index < -0.39 is 18.5 Å². The highest BCUT2D eigenvalue weighted by atomic mass is 79.9. The normalized spacial score (nSPS) is 10.1. The summed E-state index contributed by atoms with van der Waals surface area (Å²) in [4.78, 5) is 23.7. The summed E-state index contributed by atoms with van der Waals surface area (Å²) in [6.45, 7) is -0.478. The molecule has 0 aliphatic carbocycles. The molecule has 1 aromatic heterocycles. The predicted octanol–water partition coefficient (Wildman–Crippen LogP) is 2.86. The Labute approximate surface area is 152 Å². The molecule has 0 aliphatic rings. The highest BCUT2D eigenvalue weighted by Gasteiger charge is 2.17. The lowest BCUT2D eigenvalue weighted by Gasteiger charge is -2.14. The molecule has 1 heterocycles. The Bertz CT molecular complexity index is 747. The largest absolute Gasteiger partial charge is 0.493 e. The number of halogens is 1. The predicted molar refractivity (Wildman–Crippen MR) is 91.4 cm³/mol. The van der Waals surface area contributed by atoms with Crippen molar-refractivity contribution in [3.05, 3.63) is 34.7 Å². The summed E-state index contributed by atoms with van der Waals surface area (Å²) in [7, 11) is 4.41. The Morgan fingerprint density at radius 2 is 1.72 bits per heavy atom. The van der Waals surface area contributed by atoms with Gasteiger partial charge in [-0.15, -0.1) is 0 Å². The lowest BCUT2D eigenvalue weighted by atomic mass is 10.2. The van der Waals surface area contributed by atoms with Crippen LogP contribution in [0.2, 0.25) is 0 Å². The van der Waals surface area contributed by atoms with Crippen molar-refractivity contribution in [2.75, 3.05) is 33.3 Å². The van der Waals surface area contributed by atoms with Crippen LogP contribution in [-0.4, -0.2) is 39.8 Å². The van der Waals surface area contributed by atoms with Crippen molar-refractivity contribution in [3.63, 3.8) is 0 Å². The lowest BCUT2D eigenvalue weighted by molar-refractivity contribution is -0.119. The van der Waals surface area contributed by atoms with Crippen LogP contribution in [0.1, 0.15) is 10.6 Å². The Balaban J connectivity index is 2.01. The van der Waals surface area contributed by atoms with Crippen LogP contribution in [0.15, 0.2) is 33.4 Å². The Kier molecular flexibility index (Phi) is 6.29. The minimum Gasteiger partial charge on any atom is -0.493 e. The van der Waals surface area contributed by atoms with Crippen LogP contribution in [-0.2, 0) is 9.53 Å². The summed E-state index contributed by atoms with van der Waals surface area (Å²) in [6, 6.07) is 6.10. The van der Waals surface area contributed by atoms with E-state index in [2.05, 4.69) is 21.2 Å². The molecule has 0 fully saturated rings. The number of furan rings is 1. The number of methoxy groups -OCH3 is 3. The van der Waals surface area contributed by atoms with Gasteiger partial charge >= 0.3 is 5.97 Å². The Morgan fingerprint density at radius 1 is 1.08 bits per heavy atom. The number of nitrogens with one attached hydrogen (secondary N) is 1. The molecule has 0 bridgehead atoms. The average molecular weight is 414 g/mol. The van der Waals surface area contributed by atoms with E-state index in [1.807, 2.05) is 0 Å². The first-order valence-corrected chi connectivity index (χ1v) is 7.80. The van der Waals surface area contributed by atoms with Gasteiger partial charge in [0.25, 0.3) is 5.91 Å². The maximum atomic E-state index is 12.0. The zero-order valence-electron chi connectivity index (χ0n) is 13.8. The fourth-order valence-electron chi connectivity index (χ4n) is 1.98. The van der Waals surface area contributed by atoms with E-state index in [-0.39, 0.29) is 5.76 Å². The zero-order chi connectivity index (χ0) is 18.4. The molecule has 0 atom stereocenters. The average Bonchev–Trinajstić information content (AvgIpc) is 3.05. The van der Waals surface area contributed by atoms with Crippen LogP contribution in [0.25, 0.3) is 0 Å². The SMILES string of the molecule is COc1cc(NC(=O)COC(=O)c2ccc(Br)o2)cc(OC)c1OC. The smallest absolute Gasteiger partial charge is 0.374 e. The number of hydrogen-bond acceptors (Lipinski definition) is 7. The minimum absolute atomic E-state index is 0.00698. The summed E-state index contributed by atoms with van der Waals surface area (Å²) >= 11 is 3.08. The molecule has 0 radical (unpaired) electrons. The third-order valence-electron chi connectivity index (χ3n) is 3.06. The molecule has 9 heteroatoms. The molecule has 25 heavy (non-hydrogen) atoms. The summed E-state index contributed by atoms with van der Waals surface area (Å²) in [6.07, 6.45) is 0. The molecule has 2 aromatic rings. The second-order valence-corrected chi connectivity index (χ2v) is 5.42. The molecule has 2 rings (SSSR count). The zero-order valence-corrected chi connectivity index (χ0v) is 15.3. The molecular weight excluding hydrogens is 398 g/mol. The first kappa shape index (κ1) is 18.7. The third-order valence-corrected chi connectivity index (χ3v) is 3.48. The molecule has 1 aromatic carbocycles. The van der Waals surface area contributed by atoms with Crippen molar-refractivity contribution in [3.8, 4) is 17.2 Å². The van der Waals surface area contributed by atoms with Gasteiger partial charge in [-0.25, -0.2) is 4.79 Å². The number of amides is 1. The fourth-order valence-corrected chi connectivity index (χ4v) is 2.28. The van der Waals surface area contributed by atoms with Crippen LogP contribution in [0.5, 0.6) is 17.2 Å². The van der Waals surface area contributed by atoms with Crippen LogP contribution in [0.4, 0.5) is 5.69 Å². The van der Waals surface area contributed by atoms with Crippen LogP contribution >= 0.6 is 15.9 Å². The van der Waals surface area contributed by atoms with Gasteiger partial charge in [0.15, 0.2) is 22.8 Å². The van der Waals surface area contributed by atoms with E-state index in [4.69, 9.17) is 23.4 Å². The molecule has 1 amide bonds. The van der Waals surface area contributed by atoms with Gasteiger partial charge in [-0.1, -0.05) is 0 Å². The van der Waals surface area contributed by atoms with Gasteiger partial charge in [0, 0.05) is 17.8 Å². The Morgan fingerprint density at radius 3 is 2.20 bits per heavy atom. The van der Waals surface area contributed by atoms with Gasteiger partial charge in [0.05, 0.1) is 21.3 Å². The molecule has 0 saturated heterocycles. The number of ether oxygens (including phenoxy) is 4. The molecule has 0 spiro atoms. The maximum absolute atomic E-state index is 12.0. The molecule has 8 nitrogen and oxygen atoms in total. The number of carbonyl (C=O) groups is 2. The van der Waals surface area contributed by atoms with E-state index in [9.17, 15) is 9.59 Å². The highest BCUT2D eigenvalue weighted by molar-refractivity contribution is 9.10. The minimum atomic E-state index is -0.745. The Hall–Kier alpha value is -2.68. The van der Waals surface area contributed by atoms with Gasteiger partial charge < -0.3 is 28.7 Å². The van der Waals surface area contributed by atoms with Crippen molar-refractivity contribution in [1.29, 1.82) is 0 Å². The first-order valence-electron chi connectivity index (χ1n) is 7.00. The summed E-state index contributed by atoms with van der Waals surface area (Å²) in [5.41, 5.74) is 0.399. The molecule has 134 valence electrons. The molecule has 0 saturated carbocycles. The number of carbonyl (C=O) groups excluding carboxylic acids is 2. The van der Waals surface area contributed by atoms with E-state index in [1.54, 1.807) is 18.2 Å². The molecule has 0 unspecified atom stereocenters. The van der Waals surface area contributed by atoms with Crippen molar-refractivity contribution < 1.29 is 33.0 Å². The van der Waals surface area contributed by atoms with Crippen molar-refractivity contribution >= 4 is 33.5 Å². The quantitative estimate of drug-likeness (QED) is 0.696. The number of benzene rings is 1. The molecule has 0 aliphatic heterocycles. The second-order valence-electron chi connectivity index (χ2n) is 4.64. The van der Waals surface area contributed by atoms with Gasteiger partial charge in [0.1, 0.15) is 0 Å². The first-order chi connectivity index (χ1) is 12.0. The summed E-state index contributed by atoms with van der Waals surface area (Å²) < 4.78 is 25.9. The summed E-state index contributed by atoms with van der Waals surface area (Å²) in [5.74, 6) is -0.117. The van der Waals surface area contributed by atoms with Gasteiger partial charge in [-0.3, -0.25) is 4.79 Å². The van der Waals surface area contributed by atoms with Gasteiger partial charge in [0.2, 0.25) is 11.5 Å². The molecular formula is C16H16BrNO7. The van der Waals surface area contributed by atoms with Crippen molar-refractivity contribution in [1.82, 2.24) is 0 Å². The van der Waals surface area contributed by atoms with E-state index in [0.717, 1.165) is 0 Å². The third kappa shape index (κ3) is 4.66. The molecule has 1 N–H and O–H groups in total. The van der Waals surface area contributed by atoms with Crippen LogP contribution < -0.4 is 19.5 Å². The number of hydrogen-bond donors (Lipinski definition) is 1. The topological polar surface area (TPSA) is 96.2 Å². The van der Waals surface area contributed by atoms with E-state index in [0.29, 0.717) is 27.6 Å². The second kappa shape index (κ2) is 8.43. The van der Waals surface area contributed by atoms with Crippen molar-refractivity contribution in [2.24, 2.45) is 0 Å². The highest BCUT2D eigenvalue weighted by Crippen LogP contribution is 2.39. The fraction of sp³-hybridized carbons (Fsp3) is 0.250. The monoisotopic (exact) mass is 413 g/mol. The lowest BCUT2D eigenvalue weighted by Crippen LogP contribution is -2.20. The number of rotatable bonds is 7. The van der Waals surface area contributed by atoms with E-state index in [1.165, 1.54) is 27.4 Å². The van der Waals surface area contributed by atoms with Crippen molar-refractivity contribution in [2.45, 2.75) is 0 Å². The number of esters is 1.